The fraction of sp³-hybridized carbons (Fsp3) is 0.867. The molecule has 3 N–H and O–H groups in total. The molecule has 0 bridgehead atoms. The SMILES string of the molecule is CC1=CC[C@H]([C@](C)(O)CCC(O)C(C)(C)O)CC1. The van der Waals surface area contributed by atoms with Crippen molar-refractivity contribution >= 4 is 0 Å². The highest BCUT2D eigenvalue weighted by Crippen LogP contribution is 2.35. The second kappa shape index (κ2) is 5.72. The largest absolute Gasteiger partial charge is 0.390 e. The van der Waals surface area contributed by atoms with Crippen LogP contribution in [0.1, 0.15) is 59.8 Å². The average molecular weight is 256 g/mol. The van der Waals surface area contributed by atoms with Crippen LogP contribution in [0.5, 0.6) is 0 Å². The molecule has 3 atom stereocenters. The lowest BCUT2D eigenvalue weighted by molar-refractivity contribution is -0.0733. The zero-order chi connectivity index (χ0) is 14.0. The highest BCUT2D eigenvalue weighted by molar-refractivity contribution is 5.05. The van der Waals surface area contributed by atoms with Crippen LogP contribution < -0.4 is 0 Å². The minimum Gasteiger partial charge on any atom is -0.390 e. The van der Waals surface area contributed by atoms with E-state index in [1.165, 1.54) is 5.57 Å². The minimum atomic E-state index is -1.10. The van der Waals surface area contributed by atoms with Gasteiger partial charge in [-0.25, -0.2) is 0 Å². The van der Waals surface area contributed by atoms with Gasteiger partial charge in [0.1, 0.15) is 0 Å². The number of hydrogen-bond acceptors (Lipinski definition) is 3. The second-order valence-electron chi connectivity index (χ2n) is 6.59. The molecule has 0 radical (unpaired) electrons. The van der Waals surface area contributed by atoms with Crippen molar-refractivity contribution in [1.29, 1.82) is 0 Å². The summed E-state index contributed by atoms with van der Waals surface area (Å²) in [4.78, 5) is 0. The molecule has 106 valence electrons. The maximum atomic E-state index is 10.5. The summed E-state index contributed by atoms with van der Waals surface area (Å²) in [6, 6.07) is 0. The predicted molar refractivity (Wildman–Crippen MR) is 73.3 cm³/mol. The molecule has 1 aliphatic rings. The molecule has 0 amide bonds. The van der Waals surface area contributed by atoms with Crippen molar-refractivity contribution in [3.05, 3.63) is 11.6 Å². The first-order valence-corrected chi connectivity index (χ1v) is 6.91. The topological polar surface area (TPSA) is 60.7 Å². The van der Waals surface area contributed by atoms with Crippen molar-refractivity contribution < 1.29 is 15.3 Å². The highest BCUT2D eigenvalue weighted by Gasteiger charge is 2.34. The number of aliphatic hydroxyl groups excluding tert-OH is 1. The van der Waals surface area contributed by atoms with Crippen molar-refractivity contribution in [1.82, 2.24) is 0 Å². The fourth-order valence-electron chi connectivity index (χ4n) is 2.52. The molecule has 0 saturated carbocycles. The Morgan fingerprint density at radius 3 is 2.39 bits per heavy atom. The van der Waals surface area contributed by atoms with E-state index in [0.29, 0.717) is 12.8 Å². The monoisotopic (exact) mass is 256 g/mol. The van der Waals surface area contributed by atoms with Crippen LogP contribution in [0, 0.1) is 5.92 Å². The van der Waals surface area contributed by atoms with Crippen LogP contribution in [0.25, 0.3) is 0 Å². The number of allylic oxidation sites excluding steroid dienone is 2. The lowest BCUT2D eigenvalue weighted by atomic mass is 9.75. The Morgan fingerprint density at radius 2 is 1.94 bits per heavy atom. The third kappa shape index (κ3) is 4.38. The van der Waals surface area contributed by atoms with Gasteiger partial charge in [0.2, 0.25) is 0 Å². The lowest BCUT2D eigenvalue weighted by Crippen LogP contribution is -2.40. The van der Waals surface area contributed by atoms with Gasteiger partial charge in [0.25, 0.3) is 0 Å². The molecule has 1 unspecified atom stereocenters. The normalized spacial score (nSPS) is 26.4. The Kier molecular flexibility index (Phi) is 4.98. The molecule has 0 spiro atoms. The van der Waals surface area contributed by atoms with Crippen molar-refractivity contribution in [3.8, 4) is 0 Å². The van der Waals surface area contributed by atoms with Crippen molar-refractivity contribution in [2.75, 3.05) is 0 Å². The van der Waals surface area contributed by atoms with Crippen LogP contribution in [-0.4, -0.2) is 32.6 Å². The Morgan fingerprint density at radius 1 is 1.33 bits per heavy atom. The predicted octanol–water partition coefficient (Wildman–Crippen LogP) is 2.40. The van der Waals surface area contributed by atoms with Crippen LogP contribution in [0.3, 0.4) is 0 Å². The van der Waals surface area contributed by atoms with Gasteiger partial charge in [-0.15, -0.1) is 0 Å². The highest BCUT2D eigenvalue weighted by atomic mass is 16.3. The van der Waals surface area contributed by atoms with Crippen molar-refractivity contribution in [2.45, 2.75) is 77.1 Å². The van der Waals surface area contributed by atoms with E-state index in [4.69, 9.17) is 0 Å². The van der Waals surface area contributed by atoms with E-state index in [-0.39, 0.29) is 5.92 Å². The first kappa shape index (κ1) is 15.7. The van der Waals surface area contributed by atoms with Gasteiger partial charge in [0.05, 0.1) is 17.3 Å². The lowest BCUT2D eigenvalue weighted by Gasteiger charge is -2.36. The molecule has 1 rings (SSSR count). The summed E-state index contributed by atoms with van der Waals surface area (Å²) in [7, 11) is 0. The standard InChI is InChI=1S/C15H28O3/c1-11-5-7-12(8-6-11)15(4,18)10-9-13(16)14(2,3)17/h5,12-13,16-18H,6-10H2,1-4H3/t12-,13?,15+/m0/s1. The molecule has 18 heavy (non-hydrogen) atoms. The van der Waals surface area contributed by atoms with Crippen molar-refractivity contribution in [2.24, 2.45) is 5.92 Å². The van der Waals surface area contributed by atoms with E-state index in [0.717, 1.165) is 19.3 Å². The van der Waals surface area contributed by atoms with Crippen molar-refractivity contribution in [3.63, 3.8) is 0 Å². The van der Waals surface area contributed by atoms with Crippen LogP contribution in [0.2, 0.25) is 0 Å². The van der Waals surface area contributed by atoms with E-state index in [1.807, 2.05) is 6.92 Å². The van der Waals surface area contributed by atoms with Crippen LogP contribution in [0.15, 0.2) is 11.6 Å². The molecule has 0 fully saturated rings. The number of aliphatic hydroxyl groups is 3. The van der Waals surface area contributed by atoms with E-state index in [9.17, 15) is 15.3 Å². The van der Waals surface area contributed by atoms with E-state index in [2.05, 4.69) is 13.0 Å². The zero-order valence-electron chi connectivity index (χ0n) is 12.1. The quantitative estimate of drug-likeness (QED) is 0.662. The van der Waals surface area contributed by atoms with Gasteiger partial charge in [0, 0.05) is 0 Å². The smallest absolute Gasteiger partial charge is 0.0849 e. The second-order valence-corrected chi connectivity index (χ2v) is 6.59. The van der Waals surface area contributed by atoms with Gasteiger partial charge in [-0.05, 0) is 65.7 Å². The van der Waals surface area contributed by atoms with E-state index in [1.54, 1.807) is 13.8 Å². The summed E-state index contributed by atoms with van der Waals surface area (Å²) >= 11 is 0. The molecule has 0 aromatic carbocycles. The Balaban J connectivity index is 2.50. The third-order valence-corrected chi connectivity index (χ3v) is 4.26. The molecule has 0 aromatic rings. The van der Waals surface area contributed by atoms with E-state index >= 15 is 0 Å². The summed E-state index contributed by atoms with van der Waals surface area (Å²) in [6.45, 7) is 7.17. The summed E-state index contributed by atoms with van der Waals surface area (Å²) in [5.41, 5.74) is -0.457. The minimum absolute atomic E-state index is 0.259. The van der Waals surface area contributed by atoms with Crippen LogP contribution in [0.4, 0.5) is 0 Å². The maximum Gasteiger partial charge on any atom is 0.0849 e. The maximum absolute atomic E-state index is 10.5. The first-order valence-electron chi connectivity index (χ1n) is 6.91. The molecule has 0 heterocycles. The van der Waals surface area contributed by atoms with Crippen LogP contribution >= 0.6 is 0 Å². The molecule has 0 saturated heterocycles. The van der Waals surface area contributed by atoms with Crippen LogP contribution in [-0.2, 0) is 0 Å². The molecular weight excluding hydrogens is 228 g/mol. The molecule has 1 aliphatic carbocycles. The van der Waals surface area contributed by atoms with Gasteiger partial charge in [-0.2, -0.15) is 0 Å². The molecular formula is C15H28O3. The summed E-state index contributed by atoms with van der Waals surface area (Å²) in [6.07, 6.45) is 5.34. The Bertz CT molecular complexity index is 299. The van der Waals surface area contributed by atoms with Gasteiger partial charge >= 0.3 is 0 Å². The van der Waals surface area contributed by atoms with Gasteiger partial charge in [0.15, 0.2) is 0 Å². The number of hydrogen-bond donors (Lipinski definition) is 3. The van der Waals surface area contributed by atoms with Gasteiger partial charge in [-0.3, -0.25) is 0 Å². The fourth-order valence-corrected chi connectivity index (χ4v) is 2.52. The molecule has 3 heteroatoms. The van der Waals surface area contributed by atoms with E-state index < -0.39 is 17.3 Å². The van der Waals surface area contributed by atoms with Gasteiger partial charge in [-0.1, -0.05) is 11.6 Å². The van der Waals surface area contributed by atoms with Gasteiger partial charge < -0.3 is 15.3 Å². The summed E-state index contributed by atoms with van der Waals surface area (Å²) < 4.78 is 0. The Labute approximate surface area is 111 Å². The third-order valence-electron chi connectivity index (χ3n) is 4.26. The molecule has 0 aliphatic heterocycles. The Hall–Kier alpha value is -0.380. The average Bonchev–Trinajstić information content (AvgIpc) is 2.25. The molecule has 0 aromatic heterocycles. The zero-order valence-corrected chi connectivity index (χ0v) is 12.1. The molecule has 3 nitrogen and oxygen atoms in total. The number of rotatable bonds is 5. The first-order chi connectivity index (χ1) is 8.13. The summed E-state index contributed by atoms with van der Waals surface area (Å²) in [5.74, 6) is 0.259. The summed E-state index contributed by atoms with van der Waals surface area (Å²) in [5, 5.41) is 30.0.